The van der Waals surface area contributed by atoms with E-state index in [1.54, 1.807) is 6.26 Å². The first-order valence-electron chi connectivity index (χ1n) is 12.4. The van der Waals surface area contributed by atoms with E-state index in [9.17, 15) is 0 Å². The largest absolute Gasteiger partial charge is 0.469 e. The van der Waals surface area contributed by atoms with Gasteiger partial charge in [-0.1, -0.05) is 6.92 Å². The third-order valence-corrected chi connectivity index (χ3v) is 7.08. The standard InChI is InChI=1S/C24H41N5O2.HI/c1-2-29-12-3-5-22(29)17-26-24(25-11-7-23-6-4-15-31-23)27-21-8-13-28(14-9-21)18-20-10-16-30-19-20;/h4,6,15,20-22H,2-3,5,7-14,16-19H2,1H3,(H2,25,26,27);1H. The average Bonchev–Trinajstić information content (AvgIpc) is 3.56. The second-order valence-electron chi connectivity index (χ2n) is 9.32. The van der Waals surface area contributed by atoms with Crippen LogP contribution in [0.4, 0.5) is 0 Å². The van der Waals surface area contributed by atoms with Crippen molar-refractivity contribution in [3.8, 4) is 0 Å². The van der Waals surface area contributed by atoms with E-state index in [-0.39, 0.29) is 24.0 Å². The van der Waals surface area contributed by atoms with E-state index < -0.39 is 0 Å². The minimum Gasteiger partial charge on any atom is -0.469 e. The quantitative estimate of drug-likeness (QED) is 0.276. The first-order valence-corrected chi connectivity index (χ1v) is 12.4. The molecule has 0 spiro atoms. The summed E-state index contributed by atoms with van der Waals surface area (Å²) >= 11 is 0. The van der Waals surface area contributed by atoms with Crippen LogP contribution in [-0.4, -0.2) is 86.9 Å². The van der Waals surface area contributed by atoms with E-state index >= 15 is 0 Å². The number of piperidine rings is 1. The van der Waals surface area contributed by atoms with Crippen molar-refractivity contribution in [2.75, 3.05) is 59.0 Å². The van der Waals surface area contributed by atoms with Gasteiger partial charge in [-0.2, -0.15) is 0 Å². The molecule has 0 bridgehead atoms. The molecule has 0 amide bonds. The van der Waals surface area contributed by atoms with Crippen LogP contribution in [0.1, 0.15) is 44.8 Å². The smallest absolute Gasteiger partial charge is 0.191 e. The number of nitrogens with zero attached hydrogens (tertiary/aromatic N) is 3. The van der Waals surface area contributed by atoms with Gasteiger partial charge in [0, 0.05) is 51.3 Å². The van der Waals surface area contributed by atoms with Gasteiger partial charge in [0.1, 0.15) is 5.76 Å². The highest BCUT2D eigenvalue weighted by atomic mass is 127. The minimum atomic E-state index is 0. The summed E-state index contributed by atoms with van der Waals surface area (Å²) in [7, 11) is 0. The molecule has 2 unspecified atom stereocenters. The van der Waals surface area contributed by atoms with Crippen LogP contribution in [0.2, 0.25) is 0 Å². The number of likely N-dealkylation sites (tertiary alicyclic amines) is 2. The molecule has 0 radical (unpaired) electrons. The van der Waals surface area contributed by atoms with Crippen molar-refractivity contribution in [3.05, 3.63) is 24.2 Å². The number of guanidine groups is 1. The van der Waals surface area contributed by atoms with Crippen LogP contribution in [0.15, 0.2) is 27.8 Å². The number of nitrogens with one attached hydrogen (secondary N) is 2. The molecular formula is C24H42IN5O2. The molecule has 1 aromatic heterocycles. The van der Waals surface area contributed by atoms with Crippen molar-refractivity contribution in [2.24, 2.45) is 10.9 Å². The van der Waals surface area contributed by atoms with Crippen molar-refractivity contribution in [1.82, 2.24) is 20.4 Å². The molecule has 0 aromatic carbocycles. The van der Waals surface area contributed by atoms with Gasteiger partial charge in [-0.05, 0) is 63.2 Å². The summed E-state index contributed by atoms with van der Waals surface area (Å²) < 4.78 is 11.0. The fraction of sp³-hybridized carbons (Fsp3) is 0.792. The number of furan rings is 1. The lowest BCUT2D eigenvalue weighted by Crippen LogP contribution is -2.50. The Hall–Kier alpha value is -0.840. The molecule has 4 rings (SSSR count). The summed E-state index contributed by atoms with van der Waals surface area (Å²) in [4.78, 5) is 10.2. The highest BCUT2D eigenvalue weighted by Gasteiger charge is 2.25. The predicted molar refractivity (Wildman–Crippen MR) is 140 cm³/mol. The van der Waals surface area contributed by atoms with E-state index in [0.29, 0.717) is 12.1 Å². The van der Waals surface area contributed by atoms with Crippen LogP contribution < -0.4 is 10.6 Å². The van der Waals surface area contributed by atoms with Crippen LogP contribution in [-0.2, 0) is 11.2 Å². The van der Waals surface area contributed by atoms with Crippen LogP contribution in [0, 0.1) is 5.92 Å². The molecule has 2 atom stereocenters. The fourth-order valence-corrected chi connectivity index (χ4v) is 5.17. The zero-order valence-corrected chi connectivity index (χ0v) is 22.0. The van der Waals surface area contributed by atoms with E-state index in [2.05, 4.69) is 27.4 Å². The molecule has 3 aliphatic heterocycles. The summed E-state index contributed by atoms with van der Waals surface area (Å²) in [6, 6.07) is 5.07. The Bertz CT molecular complexity index is 657. The molecule has 8 heteroatoms. The number of hydrogen-bond acceptors (Lipinski definition) is 5. The van der Waals surface area contributed by atoms with Gasteiger partial charge in [0.15, 0.2) is 5.96 Å². The second-order valence-corrected chi connectivity index (χ2v) is 9.32. The van der Waals surface area contributed by atoms with Crippen molar-refractivity contribution in [3.63, 3.8) is 0 Å². The van der Waals surface area contributed by atoms with Crippen LogP contribution in [0.5, 0.6) is 0 Å². The average molecular weight is 560 g/mol. The summed E-state index contributed by atoms with van der Waals surface area (Å²) in [5.74, 6) is 2.72. The van der Waals surface area contributed by atoms with Crippen LogP contribution >= 0.6 is 24.0 Å². The number of hydrogen-bond donors (Lipinski definition) is 2. The van der Waals surface area contributed by atoms with Gasteiger partial charge in [0.2, 0.25) is 0 Å². The molecule has 4 heterocycles. The summed E-state index contributed by atoms with van der Waals surface area (Å²) in [6.07, 6.45) is 8.76. The van der Waals surface area contributed by atoms with E-state index in [1.165, 1.54) is 58.3 Å². The Balaban J connectivity index is 0.00000289. The third-order valence-electron chi connectivity index (χ3n) is 7.08. The maximum absolute atomic E-state index is 5.55. The van der Waals surface area contributed by atoms with E-state index in [0.717, 1.165) is 56.9 Å². The topological polar surface area (TPSA) is 65.3 Å². The van der Waals surface area contributed by atoms with Gasteiger partial charge in [0.05, 0.1) is 19.4 Å². The molecular weight excluding hydrogens is 517 g/mol. The zero-order valence-electron chi connectivity index (χ0n) is 19.6. The lowest BCUT2D eigenvalue weighted by Gasteiger charge is -2.34. The lowest BCUT2D eigenvalue weighted by atomic mass is 10.0. The zero-order chi connectivity index (χ0) is 21.3. The molecule has 32 heavy (non-hydrogen) atoms. The molecule has 182 valence electrons. The van der Waals surface area contributed by atoms with Crippen molar-refractivity contribution >= 4 is 29.9 Å². The monoisotopic (exact) mass is 559 g/mol. The SMILES string of the molecule is CCN1CCCC1CN=C(NCCc1ccco1)NC1CCN(CC2CCOC2)CC1.I. The second kappa shape index (κ2) is 13.8. The number of aliphatic imine (C=N–C) groups is 1. The number of halogens is 1. The molecule has 3 saturated heterocycles. The lowest BCUT2D eigenvalue weighted by molar-refractivity contribution is 0.150. The Labute approximate surface area is 210 Å². The molecule has 3 aliphatic rings. The summed E-state index contributed by atoms with van der Waals surface area (Å²) in [5.41, 5.74) is 0. The Kier molecular flexibility index (Phi) is 11.1. The minimum absolute atomic E-state index is 0. The van der Waals surface area contributed by atoms with E-state index in [4.69, 9.17) is 14.1 Å². The number of likely N-dealkylation sites (N-methyl/N-ethyl adjacent to an activating group) is 1. The maximum atomic E-state index is 5.55. The van der Waals surface area contributed by atoms with Crippen molar-refractivity contribution < 1.29 is 9.15 Å². The van der Waals surface area contributed by atoms with Crippen LogP contribution in [0.3, 0.4) is 0 Å². The molecule has 3 fully saturated rings. The fourth-order valence-electron chi connectivity index (χ4n) is 5.17. The predicted octanol–water partition coefficient (Wildman–Crippen LogP) is 2.96. The first kappa shape index (κ1) is 25.8. The van der Waals surface area contributed by atoms with Gasteiger partial charge in [-0.25, -0.2) is 0 Å². The molecule has 7 nitrogen and oxygen atoms in total. The third kappa shape index (κ3) is 7.88. The Morgan fingerprint density at radius 2 is 2.06 bits per heavy atom. The van der Waals surface area contributed by atoms with Gasteiger partial charge < -0.3 is 24.7 Å². The molecule has 1 aromatic rings. The van der Waals surface area contributed by atoms with Gasteiger partial charge in [-0.3, -0.25) is 9.89 Å². The number of ether oxygens (including phenoxy) is 1. The van der Waals surface area contributed by atoms with Gasteiger partial charge in [-0.15, -0.1) is 24.0 Å². The van der Waals surface area contributed by atoms with Crippen LogP contribution in [0.25, 0.3) is 0 Å². The Morgan fingerprint density at radius 3 is 2.78 bits per heavy atom. The molecule has 2 N–H and O–H groups in total. The first-order chi connectivity index (χ1) is 15.3. The highest BCUT2D eigenvalue weighted by molar-refractivity contribution is 14.0. The molecule has 0 saturated carbocycles. The van der Waals surface area contributed by atoms with Crippen molar-refractivity contribution in [2.45, 2.75) is 57.5 Å². The molecule has 0 aliphatic carbocycles. The highest BCUT2D eigenvalue weighted by Crippen LogP contribution is 2.18. The maximum Gasteiger partial charge on any atom is 0.191 e. The van der Waals surface area contributed by atoms with Gasteiger partial charge >= 0.3 is 0 Å². The van der Waals surface area contributed by atoms with E-state index in [1.807, 2.05) is 12.1 Å². The summed E-state index contributed by atoms with van der Waals surface area (Å²) in [5, 5.41) is 7.31. The summed E-state index contributed by atoms with van der Waals surface area (Å²) in [6.45, 7) is 11.7. The van der Waals surface area contributed by atoms with Crippen molar-refractivity contribution in [1.29, 1.82) is 0 Å². The Morgan fingerprint density at radius 1 is 1.19 bits per heavy atom. The number of rotatable bonds is 9. The van der Waals surface area contributed by atoms with Gasteiger partial charge in [0.25, 0.3) is 0 Å². The normalized spacial score (nSPS) is 25.7.